The zero-order chi connectivity index (χ0) is 38.5. The molecule has 0 aliphatic carbocycles. The molecule has 2 atom stereocenters. The molecule has 0 aliphatic rings. The van der Waals surface area contributed by atoms with Crippen LogP contribution in [0.1, 0.15) is 174 Å². The predicted octanol–water partition coefficient (Wildman–Crippen LogP) is 11.1. The summed E-state index contributed by atoms with van der Waals surface area (Å²) >= 11 is 0. The molecular formula is C44H80NO7+. The number of carbonyl (C=O) groups is 3. The highest BCUT2D eigenvalue weighted by molar-refractivity contribution is 5.72. The molecule has 0 amide bonds. The first-order chi connectivity index (χ1) is 25.1. The van der Waals surface area contributed by atoms with Gasteiger partial charge in [-0.3, -0.25) is 9.59 Å². The largest absolute Gasteiger partial charge is 0.477 e. The maximum atomic E-state index is 12.7. The van der Waals surface area contributed by atoms with Crippen molar-refractivity contribution in [3.8, 4) is 0 Å². The van der Waals surface area contributed by atoms with E-state index in [1.54, 1.807) is 6.08 Å². The molecule has 0 aromatic heterocycles. The Morgan fingerprint density at radius 2 is 1.06 bits per heavy atom. The van der Waals surface area contributed by atoms with Crippen LogP contribution in [0, 0.1) is 0 Å². The molecule has 0 aliphatic heterocycles. The van der Waals surface area contributed by atoms with E-state index in [0.29, 0.717) is 12.8 Å². The number of likely N-dealkylation sites (N-methyl/N-ethyl adjacent to an activating group) is 1. The Kier molecular flexibility index (Phi) is 33.9. The number of carboxylic acid groups (broad SMARTS) is 1. The number of ether oxygens (including phenoxy) is 3. The molecule has 0 fully saturated rings. The number of aliphatic carboxylic acids is 1. The number of carboxylic acids is 1. The van der Waals surface area contributed by atoms with Gasteiger partial charge >= 0.3 is 17.9 Å². The molecule has 0 bridgehead atoms. The molecule has 0 saturated heterocycles. The van der Waals surface area contributed by atoms with Crippen LogP contribution in [0.2, 0.25) is 0 Å². The Morgan fingerprint density at radius 1 is 0.596 bits per heavy atom. The van der Waals surface area contributed by atoms with E-state index in [-0.39, 0.29) is 36.7 Å². The third-order valence-electron chi connectivity index (χ3n) is 9.34. The zero-order valence-electron chi connectivity index (χ0n) is 34.3. The van der Waals surface area contributed by atoms with E-state index in [4.69, 9.17) is 14.2 Å². The first-order valence-electron chi connectivity index (χ1n) is 21.0. The molecule has 0 aromatic rings. The van der Waals surface area contributed by atoms with Crippen molar-refractivity contribution in [2.24, 2.45) is 0 Å². The molecule has 0 saturated carbocycles. The van der Waals surface area contributed by atoms with Crippen LogP contribution in [0.3, 0.4) is 0 Å². The normalized spacial score (nSPS) is 13.3. The molecule has 2 unspecified atom stereocenters. The van der Waals surface area contributed by atoms with Crippen molar-refractivity contribution < 1.29 is 38.2 Å². The summed E-state index contributed by atoms with van der Waals surface area (Å²) in [5.74, 6) is -1.61. The molecule has 302 valence electrons. The molecule has 0 rings (SSSR count). The standard InChI is InChI=1S/C44H79NO7/c1-6-8-10-12-14-16-17-18-19-20-21-22-23-24-25-27-29-31-33-35-43(47)52-40(38-50-37-36-41(44(48)49)45(3,4)5)39-51-42(46)34-32-30-28-26-15-13-11-9-7-2/h9,11,15,26,30,32,40-41H,6-8,10,12-14,16-25,27-29,31,33-39H2,1-5H3/p+1/b11-9+,26-15+,32-30+. The Labute approximate surface area is 319 Å². The fourth-order valence-corrected chi connectivity index (χ4v) is 6.09. The van der Waals surface area contributed by atoms with Gasteiger partial charge in [-0.2, -0.15) is 0 Å². The van der Waals surface area contributed by atoms with Crippen molar-refractivity contribution >= 4 is 17.9 Å². The number of hydrogen-bond acceptors (Lipinski definition) is 6. The lowest BCUT2D eigenvalue weighted by Crippen LogP contribution is -2.50. The quantitative estimate of drug-likeness (QED) is 0.0293. The van der Waals surface area contributed by atoms with Crippen molar-refractivity contribution in [1.82, 2.24) is 0 Å². The van der Waals surface area contributed by atoms with E-state index in [0.717, 1.165) is 38.5 Å². The Hall–Kier alpha value is -2.45. The lowest BCUT2D eigenvalue weighted by Gasteiger charge is -2.31. The fourth-order valence-electron chi connectivity index (χ4n) is 6.09. The summed E-state index contributed by atoms with van der Waals surface area (Å²) in [6.45, 7) is 4.51. The minimum atomic E-state index is -0.885. The SMILES string of the molecule is CC/C=C/C/C=C/C/C=C/CC(=O)OCC(COCCC(C(=O)O)[N+](C)(C)C)OC(=O)CCCCCCCCCCCCCCCCCCCCC. The topological polar surface area (TPSA) is 99.1 Å². The van der Waals surface area contributed by atoms with Crippen LogP contribution in [0.25, 0.3) is 0 Å². The van der Waals surface area contributed by atoms with Gasteiger partial charge in [0.1, 0.15) is 6.61 Å². The smallest absolute Gasteiger partial charge is 0.362 e. The third kappa shape index (κ3) is 33.4. The van der Waals surface area contributed by atoms with Crippen molar-refractivity contribution in [3.63, 3.8) is 0 Å². The van der Waals surface area contributed by atoms with Crippen molar-refractivity contribution in [1.29, 1.82) is 0 Å². The van der Waals surface area contributed by atoms with Crippen molar-refractivity contribution in [2.45, 2.75) is 187 Å². The maximum Gasteiger partial charge on any atom is 0.362 e. The number of hydrogen-bond donors (Lipinski definition) is 1. The molecule has 0 spiro atoms. The number of rotatable bonds is 37. The van der Waals surface area contributed by atoms with E-state index in [1.165, 1.54) is 103 Å². The van der Waals surface area contributed by atoms with E-state index < -0.39 is 24.1 Å². The average molecular weight is 735 g/mol. The van der Waals surface area contributed by atoms with Gasteiger partial charge in [0.05, 0.1) is 40.8 Å². The van der Waals surface area contributed by atoms with Gasteiger partial charge in [0, 0.05) is 12.8 Å². The summed E-state index contributed by atoms with van der Waals surface area (Å²) < 4.78 is 17.1. The van der Waals surface area contributed by atoms with E-state index in [2.05, 4.69) is 38.2 Å². The molecule has 8 heteroatoms. The third-order valence-corrected chi connectivity index (χ3v) is 9.34. The van der Waals surface area contributed by atoms with Crippen molar-refractivity contribution in [2.75, 3.05) is 41.0 Å². The minimum Gasteiger partial charge on any atom is -0.477 e. The van der Waals surface area contributed by atoms with Crippen LogP contribution < -0.4 is 0 Å². The van der Waals surface area contributed by atoms with Crippen LogP contribution in [-0.2, 0) is 28.6 Å². The van der Waals surface area contributed by atoms with Crippen molar-refractivity contribution in [3.05, 3.63) is 36.5 Å². The van der Waals surface area contributed by atoms with Crippen LogP contribution in [0.4, 0.5) is 0 Å². The second kappa shape index (κ2) is 35.6. The second-order valence-corrected chi connectivity index (χ2v) is 15.2. The minimum absolute atomic E-state index is 0.0365. The average Bonchev–Trinajstić information content (AvgIpc) is 3.09. The molecule has 8 nitrogen and oxygen atoms in total. The summed E-state index contributed by atoms with van der Waals surface area (Å²) in [6.07, 6.45) is 39.5. The van der Waals surface area contributed by atoms with Gasteiger partial charge in [-0.25, -0.2) is 4.79 Å². The molecule has 0 heterocycles. The van der Waals surface area contributed by atoms with Crippen LogP contribution in [0.5, 0.6) is 0 Å². The van der Waals surface area contributed by atoms with E-state index in [1.807, 2.05) is 27.2 Å². The summed E-state index contributed by atoms with van der Waals surface area (Å²) in [7, 11) is 5.50. The number of allylic oxidation sites excluding steroid dienone is 5. The Bertz CT molecular complexity index is 953. The molecule has 52 heavy (non-hydrogen) atoms. The summed E-state index contributed by atoms with van der Waals surface area (Å²) in [6, 6.07) is -0.623. The Morgan fingerprint density at radius 3 is 1.52 bits per heavy atom. The van der Waals surface area contributed by atoms with Gasteiger partial charge in [0.2, 0.25) is 0 Å². The predicted molar refractivity (Wildman–Crippen MR) is 215 cm³/mol. The monoisotopic (exact) mass is 735 g/mol. The van der Waals surface area contributed by atoms with Gasteiger partial charge in [0.25, 0.3) is 0 Å². The second-order valence-electron chi connectivity index (χ2n) is 15.2. The first kappa shape index (κ1) is 49.6. The van der Waals surface area contributed by atoms with E-state index >= 15 is 0 Å². The van der Waals surface area contributed by atoms with Crippen LogP contribution >= 0.6 is 0 Å². The van der Waals surface area contributed by atoms with Crippen LogP contribution in [0.15, 0.2) is 36.5 Å². The highest BCUT2D eigenvalue weighted by Gasteiger charge is 2.31. The molecule has 1 N–H and O–H groups in total. The number of unbranched alkanes of at least 4 members (excludes halogenated alkanes) is 18. The summed E-state index contributed by atoms with van der Waals surface area (Å²) in [5.41, 5.74) is 0. The molecular weight excluding hydrogens is 654 g/mol. The lowest BCUT2D eigenvalue weighted by molar-refractivity contribution is -0.887. The van der Waals surface area contributed by atoms with Gasteiger partial charge in [-0.05, 0) is 25.7 Å². The van der Waals surface area contributed by atoms with Gasteiger partial charge in [0.15, 0.2) is 12.1 Å². The highest BCUT2D eigenvalue weighted by Crippen LogP contribution is 2.15. The summed E-state index contributed by atoms with van der Waals surface area (Å²) in [4.78, 5) is 36.7. The zero-order valence-corrected chi connectivity index (χ0v) is 34.3. The van der Waals surface area contributed by atoms with Gasteiger partial charge in [-0.15, -0.1) is 0 Å². The number of esters is 2. The van der Waals surface area contributed by atoms with Gasteiger partial charge in [-0.1, -0.05) is 166 Å². The molecule has 0 radical (unpaired) electrons. The Balaban J connectivity index is 4.31. The maximum absolute atomic E-state index is 12.7. The lowest BCUT2D eigenvalue weighted by atomic mass is 10.0. The number of nitrogens with zero attached hydrogens (tertiary/aromatic N) is 1. The van der Waals surface area contributed by atoms with Gasteiger partial charge < -0.3 is 23.8 Å². The van der Waals surface area contributed by atoms with Crippen LogP contribution in [-0.4, -0.2) is 80.6 Å². The summed E-state index contributed by atoms with van der Waals surface area (Å²) in [5, 5.41) is 9.59. The highest BCUT2D eigenvalue weighted by atomic mass is 16.6. The first-order valence-corrected chi connectivity index (χ1v) is 21.0. The number of quaternary nitrogens is 1. The number of carbonyl (C=O) groups excluding carboxylic acids is 2. The fraction of sp³-hybridized carbons (Fsp3) is 0.795. The molecule has 0 aromatic carbocycles. The van der Waals surface area contributed by atoms with E-state index in [9.17, 15) is 19.5 Å².